The van der Waals surface area contributed by atoms with Gasteiger partial charge in [-0.2, -0.15) is 0 Å². The van der Waals surface area contributed by atoms with E-state index in [0.29, 0.717) is 11.4 Å². The largest absolute Gasteiger partial charge is 0.445 e. The van der Waals surface area contributed by atoms with Crippen molar-refractivity contribution in [2.75, 3.05) is 0 Å². The summed E-state index contributed by atoms with van der Waals surface area (Å²) >= 11 is 5.94. The molecule has 3 amide bonds. The van der Waals surface area contributed by atoms with Crippen LogP contribution in [0.2, 0.25) is 5.02 Å². The van der Waals surface area contributed by atoms with E-state index in [4.69, 9.17) is 22.1 Å². The molecule has 3 aromatic carbocycles. The highest BCUT2D eigenvalue weighted by atomic mass is 35.5. The Kier molecular flexibility index (Phi) is 7.67. The molecule has 0 fully saturated rings. The van der Waals surface area contributed by atoms with Gasteiger partial charge in [-0.1, -0.05) is 78.3 Å². The zero-order valence-corrected chi connectivity index (χ0v) is 19.8. The normalized spacial score (nSPS) is 15.6. The molecule has 0 spiro atoms. The lowest BCUT2D eigenvalue weighted by molar-refractivity contribution is -0.131. The van der Waals surface area contributed by atoms with Crippen LogP contribution in [-0.4, -0.2) is 34.9 Å². The fourth-order valence-electron chi connectivity index (χ4n) is 4.10. The molecule has 0 saturated carbocycles. The van der Waals surface area contributed by atoms with Crippen molar-refractivity contribution in [1.82, 2.24) is 10.2 Å². The van der Waals surface area contributed by atoms with Gasteiger partial charge in [0, 0.05) is 17.9 Å². The Morgan fingerprint density at radius 2 is 1.60 bits per heavy atom. The fourth-order valence-corrected chi connectivity index (χ4v) is 4.22. The predicted molar refractivity (Wildman–Crippen MR) is 132 cm³/mol. The first kappa shape index (κ1) is 24.3. The van der Waals surface area contributed by atoms with Gasteiger partial charge in [-0.3, -0.25) is 14.5 Å². The van der Waals surface area contributed by atoms with Crippen LogP contribution in [-0.2, 0) is 40.3 Å². The number of ether oxygens (including phenoxy) is 1. The monoisotopic (exact) mass is 491 g/mol. The maximum absolute atomic E-state index is 13.4. The van der Waals surface area contributed by atoms with Crippen molar-refractivity contribution >= 4 is 29.5 Å². The Morgan fingerprint density at radius 3 is 2.29 bits per heavy atom. The van der Waals surface area contributed by atoms with Crippen LogP contribution in [0.25, 0.3) is 0 Å². The van der Waals surface area contributed by atoms with Crippen molar-refractivity contribution in [3.05, 3.63) is 106 Å². The molecule has 0 bridgehead atoms. The van der Waals surface area contributed by atoms with E-state index in [0.717, 1.165) is 22.3 Å². The lowest BCUT2D eigenvalue weighted by Crippen LogP contribution is -2.56. The number of benzene rings is 3. The third-order valence-electron chi connectivity index (χ3n) is 6.00. The van der Waals surface area contributed by atoms with E-state index in [1.165, 1.54) is 4.90 Å². The van der Waals surface area contributed by atoms with Crippen LogP contribution in [0.1, 0.15) is 22.3 Å². The van der Waals surface area contributed by atoms with Gasteiger partial charge >= 0.3 is 6.09 Å². The summed E-state index contributed by atoms with van der Waals surface area (Å²) in [5.41, 5.74) is 9.14. The first-order chi connectivity index (χ1) is 16.9. The second-order valence-corrected chi connectivity index (χ2v) is 8.89. The number of primary amides is 1. The molecule has 4 rings (SSSR count). The Hall–Kier alpha value is -3.84. The van der Waals surface area contributed by atoms with Gasteiger partial charge in [0.2, 0.25) is 11.8 Å². The van der Waals surface area contributed by atoms with Gasteiger partial charge in [0.15, 0.2) is 0 Å². The molecule has 3 N–H and O–H groups in total. The summed E-state index contributed by atoms with van der Waals surface area (Å²) in [4.78, 5) is 40.0. The Labute approximate surface area is 208 Å². The van der Waals surface area contributed by atoms with Crippen molar-refractivity contribution in [3.8, 4) is 0 Å². The quantitative estimate of drug-likeness (QED) is 0.527. The molecule has 1 aliphatic heterocycles. The van der Waals surface area contributed by atoms with Crippen LogP contribution >= 0.6 is 11.6 Å². The number of nitrogens with two attached hydrogens (primary N) is 1. The SMILES string of the molecule is NC(=O)[C@@H](Cc1ccc(Cl)cc1)NC(=O)[C@@H]1Cc2ccccc2CN1C(=O)OCc1ccccc1. The lowest BCUT2D eigenvalue weighted by Gasteiger charge is -2.35. The summed E-state index contributed by atoms with van der Waals surface area (Å²) in [5, 5.41) is 3.31. The van der Waals surface area contributed by atoms with E-state index < -0.39 is 30.0 Å². The molecule has 0 radical (unpaired) electrons. The fraction of sp³-hybridized carbons (Fsp3) is 0.222. The molecular weight excluding hydrogens is 466 g/mol. The number of fused-ring (bicyclic) bond motifs is 1. The maximum Gasteiger partial charge on any atom is 0.411 e. The van der Waals surface area contributed by atoms with E-state index in [1.807, 2.05) is 54.6 Å². The van der Waals surface area contributed by atoms with Gasteiger partial charge in [0.1, 0.15) is 18.7 Å². The summed E-state index contributed by atoms with van der Waals surface area (Å²) in [5.74, 6) is -1.13. The molecule has 0 aliphatic carbocycles. The number of hydrogen-bond donors (Lipinski definition) is 2. The van der Waals surface area contributed by atoms with Crippen LogP contribution in [0.15, 0.2) is 78.9 Å². The van der Waals surface area contributed by atoms with Gasteiger partial charge in [0.05, 0.1) is 6.54 Å². The minimum absolute atomic E-state index is 0.0899. The predicted octanol–water partition coefficient (Wildman–Crippen LogP) is 3.62. The van der Waals surface area contributed by atoms with E-state index >= 15 is 0 Å². The minimum atomic E-state index is -0.942. The molecular formula is C27H26ClN3O4. The third kappa shape index (κ3) is 6.19. The molecule has 180 valence electrons. The van der Waals surface area contributed by atoms with E-state index in [9.17, 15) is 14.4 Å². The highest BCUT2D eigenvalue weighted by molar-refractivity contribution is 6.30. The number of rotatable bonds is 7. The summed E-state index contributed by atoms with van der Waals surface area (Å²) < 4.78 is 5.53. The molecule has 3 aromatic rings. The maximum atomic E-state index is 13.4. The van der Waals surface area contributed by atoms with Crippen molar-refractivity contribution in [1.29, 1.82) is 0 Å². The molecule has 7 nitrogen and oxygen atoms in total. The lowest BCUT2D eigenvalue weighted by atomic mass is 9.93. The Morgan fingerprint density at radius 1 is 0.943 bits per heavy atom. The molecule has 0 unspecified atom stereocenters. The molecule has 0 saturated heterocycles. The molecule has 1 aliphatic rings. The number of carbonyl (C=O) groups is 3. The Bertz CT molecular complexity index is 1200. The number of nitrogens with one attached hydrogen (secondary N) is 1. The first-order valence-electron chi connectivity index (χ1n) is 11.3. The number of amides is 3. The van der Waals surface area contributed by atoms with Gasteiger partial charge in [-0.15, -0.1) is 0 Å². The Balaban J connectivity index is 1.51. The average Bonchev–Trinajstić information content (AvgIpc) is 2.87. The van der Waals surface area contributed by atoms with Crippen LogP contribution in [0.4, 0.5) is 4.79 Å². The second kappa shape index (κ2) is 11.1. The molecule has 0 aromatic heterocycles. The smallest absolute Gasteiger partial charge is 0.411 e. The molecule has 2 atom stereocenters. The molecule has 35 heavy (non-hydrogen) atoms. The van der Waals surface area contributed by atoms with E-state index in [-0.39, 0.29) is 19.6 Å². The van der Waals surface area contributed by atoms with Gasteiger partial charge in [-0.25, -0.2) is 4.79 Å². The third-order valence-corrected chi connectivity index (χ3v) is 6.26. The van der Waals surface area contributed by atoms with Crippen LogP contribution in [0.3, 0.4) is 0 Å². The van der Waals surface area contributed by atoms with Crippen LogP contribution in [0, 0.1) is 0 Å². The first-order valence-corrected chi connectivity index (χ1v) is 11.7. The van der Waals surface area contributed by atoms with Crippen molar-refractivity contribution in [3.63, 3.8) is 0 Å². The number of carbonyl (C=O) groups excluding carboxylic acids is 3. The average molecular weight is 492 g/mol. The standard InChI is InChI=1S/C27H26ClN3O4/c28-22-12-10-18(11-13-22)14-23(25(29)32)30-26(33)24-15-20-8-4-5-9-21(20)16-31(24)27(34)35-17-19-6-2-1-3-7-19/h1-13,23-24H,14-17H2,(H2,29,32)(H,30,33)/t23-,24+/m1/s1. The second-order valence-electron chi connectivity index (χ2n) is 8.45. The van der Waals surface area contributed by atoms with Crippen molar-refractivity contribution in [2.24, 2.45) is 5.73 Å². The number of nitrogens with zero attached hydrogens (tertiary/aromatic N) is 1. The van der Waals surface area contributed by atoms with Gasteiger partial charge in [-0.05, 0) is 34.4 Å². The highest BCUT2D eigenvalue weighted by Crippen LogP contribution is 2.25. The van der Waals surface area contributed by atoms with Gasteiger partial charge < -0.3 is 15.8 Å². The number of hydrogen-bond acceptors (Lipinski definition) is 4. The minimum Gasteiger partial charge on any atom is -0.445 e. The zero-order chi connectivity index (χ0) is 24.8. The van der Waals surface area contributed by atoms with Crippen molar-refractivity contribution in [2.45, 2.75) is 38.1 Å². The topological polar surface area (TPSA) is 102 Å². The van der Waals surface area contributed by atoms with E-state index in [1.54, 1.807) is 24.3 Å². The summed E-state index contributed by atoms with van der Waals surface area (Å²) in [7, 11) is 0. The van der Waals surface area contributed by atoms with Crippen molar-refractivity contribution < 1.29 is 19.1 Å². The summed E-state index contributed by atoms with van der Waals surface area (Å²) in [6.07, 6.45) is -0.0914. The highest BCUT2D eigenvalue weighted by Gasteiger charge is 2.37. The summed E-state index contributed by atoms with van der Waals surface area (Å²) in [6, 6.07) is 22.1. The van der Waals surface area contributed by atoms with Crippen LogP contribution < -0.4 is 11.1 Å². The zero-order valence-electron chi connectivity index (χ0n) is 19.0. The van der Waals surface area contributed by atoms with Crippen LogP contribution in [0.5, 0.6) is 0 Å². The summed E-state index contributed by atoms with van der Waals surface area (Å²) in [6.45, 7) is 0.312. The molecule has 8 heteroatoms. The number of halogens is 1. The van der Waals surface area contributed by atoms with Gasteiger partial charge in [0.25, 0.3) is 0 Å². The molecule has 1 heterocycles. The van der Waals surface area contributed by atoms with E-state index in [2.05, 4.69) is 5.32 Å².